The van der Waals surface area contributed by atoms with E-state index in [0.29, 0.717) is 6.54 Å². The van der Waals surface area contributed by atoms with E-state index in [1.54, 1.807) is 0 Å². The van der Waals surface area contributed by atoms with Crippen molar-refractivity contribution in [1.82, 2.24) is 10.2 Å². The fourth-order valence-corrected chi connectivity index (χ4v) is 2.54. The van der Waals surface area contributed by atoms with Gasteiger partial charge in [0.15, 0.2) is 0 Å². The van der Waals surface area contributed by atoms with Crippen molar-refractivity contribution in [3.8, 4) is 0 Å². The van der Waals surface area contributed by atoms with Crippen LogP contribution >= 0.6 is 22.6 Å². The van der Waals surface area contributed by atoms with Crippen molar-refractivity contribution in [1.29, 1.82) is 0 Å². The number of anilines is 1. The second-order valence-corrected chi connectivity index (χ2v) is 5.57. The first-order chi connectivity index (χ1) is 8.75. The summed E-state index contributed by atoms with van der Waals surface area (Å²) in [6.45, 7) is 4.43. The number of hydrogen-bond donors (Lipinski definition) is 2. The van der Waals surface area contributed by atoms with Crippen LogP contribution in [-0.4, -0.2) is 43.5 Å². The number of rotatable bonds is 3. The van der Waals surface area contributed by atoms with E-state index in [4.69, 9.17) is 0 Å². The predicted octanol–water partition coefficient (Wildman–Crippen LogP) is 1.53. The monoisotopic (exact) mass is 359 g/mol. The molecular weight excluding hydrogens is 341 g/mol. The van der Waals surface area contributed by atoms with E-state index in [1.807, 2.05) is 24.3 Å². The molecule has 1 aliphatic heterocycles. The summed E-state index contributed by atoms with van der Waals surface area (Å²) in [5, 5.41) is 6.30. The van der Waals surface area contributed by atoms with Crippen LogP contribution in [0.1, 0.15) is 6.42 Å². The zero-order valence-electron chi connectivity index (χ0n) is 10.3. The van der Waals surface area contributed by atoms with Crippen molar-refractivity contribution >= 4 is 34.2 Å². The molecule has 1 fully saturated rings. The number of nitrogens with zero attached hydrogens (tertiary/aromatic N) is 1. The zero-order valence-corrected chi connectivity index (χ0v) is 12.4. The standard InChI is InChI=1S/C13H18IN3O/c14-11-4-1-2-5-12(11)16-13(18)10-17-8-3-6-15-7-9-17/h1-2,4-5,15H,3,6-10H2,(H,16,18). The Hall–Kier alpha value is -0.660. The van der Waals surface area contributed by atoms with Crippen molar-refractivity contribution < 1.29 is 4.79 Å². The van der Waals surface area contributed by atoms with Gasteiger partial charge in [-0.05, 0) is 54.2 Å². The fraction of sp³-hybridized carbons (Fsp3) is 0.462. The van der Waals surface area contributed by atoms with Crippen molar-refractivity contribution in [2.24, 2.45) is 0 Å². The van der Waals surface area contributed by atoms with E-state index in [-0.39, 0.29) is 5.91 Å². The summed E-state index contributed by atoms with van der Waals surface area (Å²) in [5.74, 6) is 0.0704. The number of carbonyl (C=O) groups is 1. The molecule has 2 rings (SSSR count). The minimum atomic E-state index is 0.0704. The van der Waals surface area contributed by atoms with Crippen molar-refractivity contribution in [2.45, 2.75) is 6.42 Å². The molecule has 0 bridgehead atoms. The first-order valence-corrected chi connectivity index (χ1v) is 7.31. The van der Waals surface area contributed by atoms with Gasteiger partial charge < -0.3 is 10.6 Å². The minimum Gasteiger partial charge on any atom is -0.324 e. The summed E-state index contributed by atoms with van der Waals surface area (Å²) in [4.78, 5) is 14.2. The van der Waals surface area contributed by atoms with Crippen LogP contribution < -0.4 is 10.6 Å². The van der Waals surface area contributed by atoms with E-state index >= 15 is 0 Å². The van der Waals surface area contributed by atoms with Gasteiger partial charge in [-0.2, -0.15) is 0 Å². The quantitative estimate of drug-likeness (QED) is 0.805. The van der Waals surface area contributed by atoms with Crippen LogP contribution in [-0.2, 0) is 4.79 Å². The minimum absolute atomic E-state index is 0.0704. The molecule has 1 saturated heterocycles. The van der Waals surface area contributed by atoms with Crippen LogP contribution in [0.5, 0.6) is 0 Å². The number of benzene rings is 1. The lowest BCUT2D eigenvalue weighted by molar-refractivity contribution is -0.117. The van der Waals surface area contributed by atoms with Crippen LogP contribution in [0.15, 0.2) is 24.3 Å². The Morgan fingerprint density at radius 1 is 1.33 bits per heavy atom. The molecule has 1 aromatic rings. The maximum absolute atomic E-state index is 12.0. The summed E-state index contributed by atoms with van der Waals surface area (Å²) >= 11 is 2.23. The van der Waals surface area contributed by atoms with Gasteiger partial charge in [-0.25, -0.2) is 0 Å². The molecule has 0 aliphatic carbocycles. The summed E-state index contributed by atoms with van der Waals surface area (Å²) in [6, 6.07) is 7.83. The average molecular weight is 359 g/mol. The Balaban J connectivity index is 1.86. The molecule has 0 atom stereocenters. The second kappa shape index (κ2) is 7.06. The van der Waals surface area contributed by atoms with Crippen molar-refractivity contribution in [2.75, 3.05) is 38.0 Å². The Kier molecular flexibility index (Phi) is 5.40. The zero-order chi connectivity index (χ0) is 12.8. The molecule has 0 spiro atoms. The van der Waals surface area contributed by atoms with E-state index < -0.39 is 0 Å². The van der Waals surface area contributed by atoms with Gasteiger partial charge in [0.1, 0.15) is 0 Å². The maximum atomic E-state index is 12.0. The summed E-state index contributed by atoms with van der Waals surface area (Å²) in [5.41, 5.74) is 0.899. The first-order valence-electron chi connectivity index (χ1n) is 6.23. The number of para-hydroxylation sites is 1. The third-order valence-electron chi connectivity index (χ3n) is 2.95. The molecule has 98 valence electrons. The highest BCUT2D eigenvalue weighted by Crippen LogP contribution is 2.16. The fourth-order valence-electron chi connectivity index (χ4n) is 2.02. The molecule has 5 heteroatoms. The van der Waals surface area contributed by atoms with Gasteiger partial charge in [-0.3, -0.25) is 9.69 Å². The summed E-state index contributed by atoms with van der Waals surface area (Å²) in [6.07, 6.45) is 1.11. The van der Waals surface area contributed by atoms with Crippen molar-refractivity contribution in [3.63, 3.8) is 0 Å². The van der Waals surface area contributed by atoms with Gasteiger partial charge in [-0.15, -0.1) is 0 Å². The smallest absolute Gasteiger partial charge is 0.238 e. The lowest BCUT2D eigenvalue weighted by atomic mass is 10.3. The Bertz CT molecular complexity index is 403. The van der Waals surface area contributed by atoms with Crippen LogP contribution in [0, 0.1) is 3.57 Å². The van der Waals surface area contributed by atoms with Gasteiger partial charge in [0.25, 0.3) is 0 Å². The number of carbonyl (C=O) groups excluding carboxylic acids is 1. The molecule has 1 aliphatic rings. The molecular formula is C13H18IN3O. The van der Waals surface area contributed by atoms with Crippen LogP contribution in [0.25, 0.3) is 0 Å². The van der Waals surface area contributed by atoms with E-state index in [2.05, 4.69) is 38.1 Å². The number of amides is 1. The molecule has 4 nitrogen and oxygen atoms in total. The third kappa shape index (κ3) is 4.22. The van der Waals surface area contributed by atoms with Crippen molar-refractivity contribution in [3.05, 3.63) is 27.8 Å². The molecule has 1 amide bonds. The van der Waals surface area contributed by atoms with Gasteiger partial charge in [-0.1, -0.05) is 12.1 Å². The van der Waals surface area contributed by atoms with E-state index in [1.165, 1.54) is 0 Å². The Labute approximate surface area is 121 Å². The highest BCUT2D eigenvalue weighted by Gasteiger charge is 2.13. The molecule has 1 aromatic carbocycles. The highest BCUT2D eigenvalue weighted by molar-refractivity contribution is 14.1. The van der Waals surface area contributed by atoms with Gasteiger partial charge in [0.2, 0.25) is 5.91 Å². The SMILES string of the molecule is O=C(CN1CCCNCC1)Nc1ccccc1I. The molecule has 0 aromatic heterocycles. The van der Waals surface area contributed by atoms with Crippen LogP contribution in [0.3, 0.4) is 0 Å². The molecule has 0 unspecified atom stereocenters. The number of hydrogen-bond acceptors (Lipinski definition) is 3. The van der Waals surface area contributed by atoms with Crippen LogP contribution in [0.4, 0.5) is 5.69 Å². The number of nitrogens with one attached hydrogen (secondary N) is 2. The first kappa shape index (κ1) is 13.8. The lowest BCUT2D eigenvalue weighted by Crippen LogP contribution is -2.35. The Morgan fingerprint density at radius 2 is 2.17 bits per heavy atom. The average Bonchev–Trinajstić information content (AvgIpc) is 2.61. The van der Waals surface area contributed by atoms with E-state index in [9.17, 15) is 4.79 Å². The number of halogens is 1. The lowest BCUT2D eigenvalue weighted by Gasteiger charge is -2.18. The highest BCUT2D eigenvalue weighted by atomic mass is 127. The predicted molar refractivity (Wildman–Crippen MR) is 81.7 cm³/mol. The van der Waals surface area contributed by atoms with Gasteiger partial charge >= 0.3 is 0 Å². The van der Waals surface area contributed by atoms with E-state index in [0.717, 1.165) is 41.9 Å². The van der Waals surface area contributed by atoms with Crippen LogP contribution in [0.2, 0.25) is 0 Å². The van der Waals surface area contributed by atoms with Gasteiger partial charge in [0, 0.05) is 16.7 Å². The second-order valence-electron chi connectivity index (χ2n) is 4.41. The molecule has 0 radical (unpaired) electrons. The molecule has 2 N–H and O–H groups in total. The summed E-state index contributed by atoms with van der Waals surface area (Å²) in [7, 11) is 0. The Morgan fingerprint density at radius 3 is 3.00 bits per heavy atom. The molecule has 1 heterocycles. The topological polar surface area (TPSA) is 44.4 Å². The summed E-state index contributed by atoms with van der Waals surface area (Å²) < 4.78 is 1.07. The maximum Gasteiger partial charge on any atom is 0.238 e. The molecule has 18 heavy (non-hydrogen) atoms. The normalized spacial score (nSPS) is 17.2. The third-order valence-corrected chi connectivity index (χ3v) is 3.89. The molecule has 0 saturated carbocycles. The largest absolute Gasteiger partial charge is 0.324 e. The van der Waals surface area contributed by atoms with Gasteiger partial charge in [0.05, 0.1) is 12.2 Å².